The van der Waals surface area contributed by atoms with Crippen molar-refractivity contribution < 1.29 is 22.5 Å². The van der Waals surface area contributed by atoms with Gasteiger partial charge in [0.25, 0.3) is 0 Å². The lowest BCUT2D eigenvalue weighted by Gasteiger charge is -2.37. The molecule has 1 aromatic heterocycles. The van der Waals surface area contributed by atoms with Crippen molar-refractivity contribution in [2.75, 3.05) is 33.4 Å². The second-order valence-electron chi connectivity index (χ2n) is 6.78. The van der Waals surface area contributed by atoms with E-state index in [0.29, 0.717) is 50.5 Å². The van der Waals surface area contributed by atoms with Gasteiger partial charge in [0.15, 0.2) is 5.76 Å². The summed E-state index contributed by atoms with van der Waals surface area (Å²) in [6, 6.07) is 0. The molecule has 0 aromatic carbocycles. The van der Waals surface area contributed by atoms with Gasteiger partial charge in [0.1, 0.15) is 10.6 Å². The Hall–Kier alpha value is -1.45. The van der Waals surface area contributed by atoms with Gasteiger partial charge in [0, 0.05) is 33.2 Å². The van der Waals surface area contributed by atoms with Crippen LogP contribution >= 0.6 is 0 Å². The van der Waals surface area contributed by atoms with Crippen molar-refractivity contribution in [2.45, 2.75) is 44.9 Å². The molecule has 8 nitrogen and oxygen atoms in total. The SMILES string of the molecule is CC[C@H]1CN(S(=O)(=O)c2c(C)noc2C)CC[C@H]1CC(=O)NCCOC. The zero-order chi connectivity index (χ0) is 19.3. The molecule has 0 saturated carbocycles. The van der Waals surface area contributed by atoms with Gasteiger partial charge in [-0.05, 0) is 32.1 Å². The molecule has 0 bridgehead atoms. The normalized spacial score (nSPS) is 21.7. The zero-order valence-electron chi connectivity index (χ0n) is 15.9. The van der Waals surface area contributed by atoms with E-state index in [2.05, 4.69) is 10.5 Å². The molecule has 1 amide bonds. The maximum absolute atomic E-state index is 13.0. The fourth-order valence-corrected chi connectivity index (χ4v) is 5.37. The fraction of sp³-hybridized carbons (Fsp3) is 0.765. The van der Waals surface area contributed by atoms with E-state index < -0.39 is 10.0 Å². The van der Waals surface area contributed by atoms with E-state index in [0.717, 1.165) is 6.42 Å². The number of aromatic nitrogens is 1. The van der Waals surface area contributed by atoms with Crippen LogP contribution in [0.4, 0.5) is 0 Å². The lowest BCUT2D eigenvalue weighted by atomic mass is 9.82. The number of methoxy groups -OCH3 is 1. The fourth-order valence-electron chi connectivity index (χ4n) is 3.57. The first-order valence-electron chi connectivity index (χ1n) is 8.99. The molecule has 1 aliphatic heterocycles. The molecular formula is C17H29N3O5S. The molecule has 0 unspecified atom stereocenters. The minimum absolute atomic E-state index is 0.00692. The van der Waals surface area contributed by atoms with Crippen LogP contribution < -0.4 is 5.32 Å². The van der Waals surface area contributed by atoms with Crippen LogP contribution in [-0.2, 0) is 19.6 Å². The van der Waals surface area contributed by atoms with Crippen molar-refractivity contribution in [1.82, 2.24) is 14.8 Å². The van der Waals surface area contributed by atoms with Crippen molar-refractivity contribution >= 4 is 15.9 Å². The molecular weight excluding hydrogens is 358 g/mol. The zero-order valence-corrected chi connectivity index (χ0v) is 16.8. The summed E-state index contributed by atoms with van der Waals surface area (Å²) in [5, 5.41) is 6.60. The molecule has 1 aliphatic rings. The largest absolute Gasteiger partial charge is 0.383 e. The molecule has 1 N–H and O–H groups in total. The quantitative estimate of drug-likeness (QED) is 0.678. The third-order valence-corrected chi connectivity index (χ3v) is 7.13. The first kappa shape index (κ1) is 20.9. The van der Waals surface area contributed by atoms with Crippen LogP contribution in [0.25, 0.3) is 0 Å². The summed E-state index contributed by atoms with van der Waals surface area (Å²) >= 11 is 0. The smallest absolute Gasteiger partial charge is 0.248 e. The van der Waals surface area contributed by atoms with Gasteiger partial charge in [-0.2, -0.15) is 4.31 Å². The third-order valence-electron chi connectivity index (χ3n) is 5.02. The average molecular weight is 388 g/mol. The second-order valence-corrected chi connectivity index (χ2v) is 8.66. The molecule has 9 heteroatoms. The predicted octanol–water partition coefficient (Wildman–Crippen LogP) is 1.48. The van der Waals surface area contributed by atoms with Crippen LogP contribution in [0.1, 0.15) is 37.6 Å². The number of sulfonamides is 1. The molecule has 2 atom stereocenters. The minimum Gasteiger partial charge on any atom is -0.383 e. The molecule has 2 rings (SSSR count). The molecule has 148 valence electrons. The minimum atomic E-state index is -3.63. The Morgan fingerprint density at radius 3 is 2.69 bits per heavy atom. The first-order valence-corrected chi connectivity index (χ1v) is 10.4. The number of carbonyl (C=O) groups excluding carboxylic acids is 1. The van der Waals surface area contributed by atoms with Crippen LogP contribution in [-0.4, -0.2) is 57.1 Å². The Morgan fingerprint density at radius 1 is 1.38 bits per heavy atom. The standard InChI is InChI=1S/C17H29N3O5S/c1-5-14-11-20(26(22,23)17-12(2)19-25-13(17)3)8-6-15(14)10-16(21)18-7-9-24-4/h14-15H,5-11H2,1-4H3,(H,18,21)/t14-,15-/m0/s1. The van der Waals surface area contributed by atoms with E-state index in [1.807, 2.05) is 6.92 Å². The van der Waals surface area contributed by atoms with Crippen molar-refractivity contribution in [3.63, 3.8) is 0 Å². The van der Waals surface area contributed by atoms with E-state index in [-0.39, 0.29) is 22.6 Å². The Morgan fingerprint density at radius 2 is 2.12 bits per heavy atom. The monoisotopic (exact) mass is 387 g/mol. The summed E-state index contributed by atoms with van der Waals surface area (Å²) in [4.78, 5) is 12.3. The van der Waals surface area contributed by atoms with Gasteiger partial charge >= 0.3 is 0 Å². The summed E-state index contributed by atoms with van der Waals surface area (Å²) in [5.41, 5.74) is 0.384. The van der Waals surface area contributed by atoms with Gasteiger partial charge in [-0.15, -0.1) is 0 Å². The molecule has 1 fully saturated rings. The first-order chi connectivity index (χ1) is 12.3. The summed E-state index contributed by atoms with van der Waals surface area (Å²) in [6.07, 6.45) is 1.91. The summed E-state index contributed by atoms with van der Waals surface area (Å²) in [6.45, 7) is 7.08. The highest BCUT2D eigenvalue weighted by Gasteiger charge is 2.38. The number of piperidine rings is 1. The summed E-state index contributed by atoms with van der Waals surface area (Å²) in [5.74, 6) is 0.633. The van der Waals surface area contributed by atoms with Gasteiger partial charge in [-0.25, -0.2) is 8.42 Å². The van der Waals surface area contributed by atoms with Gasteiger partial charge in [0.05, 0.1) is 6.61 Å². The Kier molecular flexibility index (Phi) is 7.19. The molecule has 26 heavy (non-hydrogen) atoms. The summed E-state index contributed by atoms with van der Waals surface area (Å²) < 4.78 is 37.4. The van der Waals surface area contributed by atoms with Crippen LogP contribution in [0.15, 0.2) is 9.42 Å². The Balaban J connectivity index is 2.04. The number of aryl methyl sites for hydroxylation is 2. The van der Waals surface area contributed by atoms with Crippen LogP contribution in [0.2, 0.25) is 0 Å². The van der Waals surface area contributed by atoms with Gasteiger partial charge in [-0.1, -0.05) is 18.5 Å². The van der Waals surface area contributed by atoms with Gasteiger partial charge in [-0.3, -0.25) is 4.79 Å². The van der Waals surface area contributed by atoms with E-state index in [1.54, 1.807) is 21.0 Å². The molecule has 0 aliphatic carbocycles. The lowest BCUT2D eigenvalue weighted by Crippen LogP contribution is -2.45. The third kappa shape index (κ3) is 4.63. The summed E-state index contributed by atoms with van der Waals surface area (Å²) in [7, 11) is -2.04. The van der Waals surface area contributed by atoms with Crippen molar-refractivity contribution in [2.24, 2.45) is 11.8 Å². The molecule has 2 heterocycles. The topological polar surface area (TPSA) is 102 Å². The van der Waals surface area contributed by atoms with Crippen LogP contribution in [0.5, 0.6) is 0 Å². The molecule has 0 radical (unpaired) electrons. The predicted molar refractivity (Wildman–Crippen MR) is 96.1 cm³/mol. The Labute approximate surface area is 155 Å². The van der Waals surface area contributed by atoms with Crippen molar-refractivity contribution in [1.29, 1.82) is 0 Å². The number of amides is 1. The molecule has 0 spiro atoms. The molecule has 1 aromatic rings. The maximum Gasteiger partial charge on any atom is 0.248 e. The Bertz CT molecular complexity index is 696. The molecule has 1 saturated heterocycles. The highest BCUT2D eigenvalue weighted by molar-refractivity contribution is 7.89. The van der Waals surface area contributed by atoms with E-state index in [1.165, 1.54) is 4.31 Å². The number of ether oxygens (including phenoxy) is 1. The second kappa shape index (κ2) is 8.96. The maximum atomic E-state index is 13.0. The number of hydrogen-bond acceptors (Lipinski definition) is 6. The van der Waals surface area contributed by atoms with Crippen LogP contribution in [0.3, 0.4) is 0 Å². The average Bonchev–Trinajstić information content (AvgIpc) is 2.94. The van der Waals surface area contributed by atoms with E-state index in [4.69, 9.17) is 9.26 Å². The van der Waals surface area contributed by atoms with Crippen molar-refractivity contribution in [3.05, 3.63) is 11.5 Å². The van der Waals surface area contributed by atoms with Gasteiger partial charge < -0.3 is 14.6 Å². The van der Waals surface area contributed by atoms with E-state index >= 15 is 0 Å². The van der Waals surface area contributed by atoms with E-state index in [9.17, 15) is 13.2 Å². The van der Waals surface area contributed by atoms with Crippen molar-refractivity contribution in [3.8, 4) is 0 Å². The highest BCUT2D eigenvalue weighted by atomic mass is 32.2. The number of rotatable bonds is 8. The number of hydrogen-bond donors (Lipinski definition) is 1. The highest BCUT2D eigenvalue weighted by Crippen LogP contribution is 2.33. The van der Waals surface area contributed by atoms with Gasteiger partial charge in [0.2, 0.25) is 15.9 Å². The number of nitrogens with zero attached hydrogens (tertiary/aromatic N) is 2. The number of carbonyl (C=O) groups is 1. The lowest BCUT2D eigenvalue weighted by molar-refractivity contribution is -0.123. The number of nitrogens with one attached hydrogen (secondary N) is 1. The van der Waals surface area contributed by atoms with Crippen LogP contribution in [0, 0.1) is 25.7 Å².